The van der Waals surface area contributed by atoms with Crippen molar-refractivity contribution in [1.29, 1.82) is 0 Å². The van der Waals surface area contributed by atoms with Crippen LogP contribution in [0.4, 0.5) is 5.69 Å². The Morgan fingerprint density at radius 3 is 2.31 bits per heavy atom. The first-order chi connectivity index (χ1) is 12.5. The van der Waals surface area contributed by atoms with E-state index in [0.29, 0.717) is 18.5 Å². The SMILES string of the molecule is Nc1ccc(CCNC(=O)c2ccc(CC3CC(=O)NC3=O)cc2)cc1. The smallest absolute Gasteiger partial charge is 0.251 e. The number of hydrogen-bond donors (Lipinski definition) is 3. The van der Waals surface area contributed by atoms with E-state index in [1.165, 1.54) is 0 Å². The summed E-state index contributed by atoms with van der Waals surface area (Å²) in [6.07, 6.45) is 1.46. The van der Waals surface area contributed by atoms with Crippen LogP contribution >= 0.6 is 0 Å². The maximum Gasteiger partial charge on any atom is 0.251 e. The van der Waals surface area contributed by atoms with Gasteiger partial charge in [0.25, 0.3) is 5.91 Å². The molecule has 0 saturated carbocycles. The van der Waals surface area contributed by atoms with Crippen LogP contribution in [0.3, 0.4) is 0 Å². The lowest BCUT2D eigenvalue weighted by atomic mass is 9.97. The fourth-order valence-corrected chi connectivity index (χ4v) is 2.96. The minimum absolute atomic E-state index is 0.138. The van der Waals surface area contributed by atoms with Gasteiger partial charge in [0.2, 0.25) is 11.8 Å². The average molecular weight is 351 g/mol. The number of carbonyl (C=O) groups is 3. The highest BCUT2D eigenvalue weighted by atomic mass is 16.2. The van der Waals surface area contributed by atoms with Crippen molar-refractivity contribution in [2.45, 2.75) is 19.3 Å². The van der Waals surface area contributed by atoms with Crippen LogP contribution in [-0.2, 0) is 22.4 Å². The summed E-state index contributed by atoms with van der Waals surface area (Å²) in [6, 6.07) is 14.7. The largest absolute Gasteiger partial charge is 0.399 e. The maximum atomic E-state index is 12.2. The summed E-state index contributed by atoms with van der Waals surface area (Å²) < 4.78 is 0. The van der Waals surface area contributed by atoms with Gasteiger partial charge in [0.15, 0.2) is 0 Å². The molecule has 134 valence electrons. The Hall–Kier alpha value is -3.15. The normalized spacial score (nSPS) is 16.4. The number of nitrogens with one attached hydrogen (secondary N) is 2. The van der Waals surface area contributed by atoms with E-state index in [1.807, 2.05) is 36.4 Å². The number of carbonyl (C=O) groups excluding carboxylic acids is 3. The number of rotatable bonds is 6. The highest BCUT2D eigenvalue weighted by molar-refractivity contribution is 6.03. The minimum Gasteiger partial charge on any atom is -0.399 e. The third-order valence-electron chi connectivity index (χ3n) is 4.44. The lowest BCUT2D eigenvalue weighted by Gasteiger charge is -2.08. The second-order valence-electron chi connectivity index (χ2n) is 6.46. The van der Waals surface area contributed by atoms with Crippen LogP contribution < -0.4 is 16.4 Å². The number of benzene rings is 2. The van der Waals surface area contributed by atoms with Gasteiger partial charge in [-0.1, -0.05) is 24.3 Å². The summed E-state index contributed by atoms with van der Waals surface area (Å²) in [7, 11) is 0. The molecule has 1 unspecified atom stereocenters. The number of amides is 3. The van der Waals surface area contributed by atoms with Crippen molar-refractivity contribution in [3.63, 3.8) is 0 Å². The molecule has 26 heavy (non-hydrogen) atoms. The highest BCUT2D eigenvalue weighted by Crippen LogP contribution is 2.17. The van der Waals surface area contributed by atoms with E-state index in [0.717, 1.165) is 23.2 Å². The molecule has 6 nitrogen and oxygen atoms in total. The van der Waals surface area contributed by atoms with Gasteiger partial charge in [-0.3, -0.25) is 19.7 Å². The van der Waals surface area contributed by atoms with Crippen LogP contribution in [0, 0.1) is 5.92 Å². The Labute approximate surface area is 151 Å². The molecule has 1 saturated heterocycles. The predicted molar refractivity (Wildman–Crippen MR) is 98.3 cm³/mol. The Balaban J connectivity index is 1.49. The zero-order valence-corrected chi connectivity index (χ0v) is 14.3. The molecule has 0 spiro atoms. The van der Waals surface area contributed by atoms with E-state index in [-0.39, 0.29) is 30.1 Å². The molecule has 1 aliphatic heterocycles. The van der Waals surface area contributed by atoms with Crippen LogP contribution in [0.5, 0.6) is 0 Å². The van der Waals surface area contributed by atoms with E-state index in [9.17, 15) is 14.4 Å². The summed E-state index contributed by atoms with van der Waals surface area (Å²) in [5, 5.41) is 5.20. The maximum absolute atomic E-state index is 12.2. The Morgan fingerprint density at radius 1 is 1.04 bits per heavy atom. The number of nitrogens with two attached hydrogens (primary N) is 1. The molecule has 2 aromatic carbocycles. The first-order valence-electron chi connectivity index (χ1n) is 8.56. The number of imide groups is 1. The van der Waals surface area contributed by atoms with Gasteiger partial charge in [0, 0.05) is 24.2 Å². The third kappa shape index (κ3) is 4.47. The molecule has 0 bridgehead atoms. The molecule has 3 rings (SSSR count). The summed E-state index contributed by atoms with van der Waals surface area (Å²) in [4.78, 5) is 35.0. The number of anilines is 1. The molecule has 2 aromatic rings. The molecule has 3 amide bonds. The molecule has 0 aromatic heterocycles. The Kier molecular flexibility index (Phi) is 5.31. The van der Waals surface area contributed by atoms with E-state index in [4.69, 9.17) is 5.73 Å². The molecule has 4 N–H and O–H groups in total. The van der Waals surface area contributed by atoms with Crippen LogP contribution in [0.25, 0.3) is 0 Å². The van der Waals surface area contributed by atoms with E-state index < -0.39 is 0 Å². The predicted octanol–water partition coefficient (Wildman–Crippen LogP) is 1.45. The van der Waals surface area contributed by atoms with Crippen molar-refractivity contribution in [3.05, 3.63) is 65.2 Å². The molecule has 6 heteroatoms. The lowest BCUT2D eigenvalue weighted by Crippen LogP contribution is -2.25. The third-order valence-corrected chi connectivity index (χ3v) is 4.44. The first-order valence-corrected chi connectivity index (χ1v) is 8.56. The van der Waals surface area contributed by atoms with Gasteiger partial charge in [-0.2, -0.15) is 0 Å². The van der Waals surface area contributed by atoms with Gasteiger partial charge < -0.3 is 11.1 Å². The molecular weight excluding hydrogens is 330 g/mol. The summed E-state index contributed by atoms with van der Waals surface area (Å²) in [5.41, 5.74) is 8.98. The molecule has 1 atom stereocenters. The van der Waals surface area contributed by atoms with Gasteiger partial charge in [0.1, 0.15) is 0 Å². The molecule has 0 aliphatic carbocycles. The summed E-state index contributed by atoms with van der Waals surface area (Å²) >= 11 is 0. The van der Waals surface area contributed by atoms with Crippen molar-refractivity contribution in [2.24, 2.45) is 5.92 Å². The van der Waals surface area contributed by atoms with Crippen molar-refractivity contribution in [2.75, 3.05) is 12.3 Å². The van der Waals surface area contributed by atoms with Gasteiger partial charge >= 0.3 is 0 Å². The van der Waals surface area contributed by atoms with Gasteiger partial charge in [-0.15, -0.1) is 0 Å². The minimum atomic E-state index is -0.318. The second kappa shape index (κ2) is 7.82. The first kappa shape index (κ1) is 17.7. The fraction of sp³-hybridized carbons (Fsp3) is 0.250. The summed E-state index contributed by atoms with van der Waals surface area (Å²) in [6.45, 7) is 0.537. The van der Waals surface area contributed by atoms with Crippen LogP contribution in [-0.4, -0.2) is 24.3 Å². The van der Waals surface area contributed by atoms with E-state index in [2.05, 4.69) is 10.6 Å². The topological polar surface area (TPSA) is 101 Å². The number of nitrogen functional groups attached to an aromatic ring is 1. The standard InChI is InChI=1S/C20H21N3O3/c21-17-7-3-13(4-8-17)9-10-22-19(25)15-5-1-14(2-6-15)11-16-12-18(24)23-20(16)26/h1-8,16H,9-12,21H2,(H,22,25)(H,23,24,26). The summed E-state index contributed by atoms with van der Waals surface area (Å²) in [5.74, 6) is -0.903. The Morgan fingerprint density at radius 2 is 1.69 bits per heavy atom. The van der Waals surface area contributed by atoms with E-state index in [1.54, 1.807) is 12.1 Å². The molecule has 1 heterocycles. The van der Waals surface area contributed by atoms with Crippen molar-refractivity contribution in [3.8, 4) is 0 Å². The van der Waals surface area contributed by atoms with E-state index >= 15 is 0 Å². The van der Waals surface area contributed by atoms with Crippen molar-refractivity contribution in [1.82, 2.24) is 10.6 Å². The van der Waals surface area contributed by atoms with Gasteiger partial charge in [-0.05, 0) is 48.2 Å². The van der Waals surface area contributed by atoms with Gasteiger partial charge in [-0.25, -0.2) is 0 Å². The Bertz CT molecular complexity index is 813. The van der Waals surface area contributed by atoms with Crippen molar-refractivity contribution < 1.29 is 14.4 Å². The number of hydrogen-bond acceptors (Lipinski definition) is 4. The van der Waals surface area contributed by atoms with Crippen LogP contribution in [0.15, 0.2) is 48.5 Å². The highest BCUT2D eigenvalue weighted by Gasteiger charge is 2.30. The molecule has 0 radical (unpaired) electrons. The fourth-order valence-electron chi connectivity index (χ4n) is 2.96. The van der Waals surface area contributed by atoms with Crippen LogP contribution in [0.2, 0.25) is 0 Å². The van der Waals surface area contributed by atoms with Crippen molar-refractivity contribution >= 4 is 23.4 Å². The molecule has 1 fully saturated rings. The lowest BCUT2D eigenvalue weighted by molar-refractivity contribution is -0.125. The zero-order valence-electron chi connectivity index (χ0n) is 14.3. The monoisotopic (exact) mass is 351 g/mol. The van der Waals surface area contributed by atoms with Crippen LogP contribution in [0.1, 0.15) is 27.9 Å². The molecule has 1 aliphatic rings. The second-order valence-corrected chi connectivity index (χ2v) is 6.46. The zero-order chi connectivity index (χ0) is 18.5. The van der Waals surface area contributed by atoms with Gasteiger partial charge in [0.05, 0.1) is 5.92 Å². The quantitative estimate of drug-likeness (QED) is 0.541. The average Bonchev–Trinajstić information content (AvgIpc) is 2.94. The molecular formula is C20H21N3O3.